The maximum absolute atomic E-state index is 4.38. The summed E-state index contributed by atoms with van der Waals surface area (Å²) in [5, 5.41) is 3.50. The fourth-order valence-corrected chi connectivity index (χ4v) is 3.19. The third-order valence-corrected chi connectivity index (χ3v) is 4.44. The van der Waals surface area contributed by atoms with Gasteiger partial charge in [-0.1, -0.05) is 68.1 Å². The lowest BCUT2D eigenvalue weighted by Crippen LogP contribution is -2.45. The lowest BCUT2D eigenvalue weighted by molar-refractivity contribution is 0.258. The van der Waals surface area contributed by atoms with Crippen LogP contribution in [0.3, 0.4) is 0 Å². The van der Waals surface area contributed by atoms with E-state index in [1.54, 1.807) is 0 Å². The normalized spacial score (nSPS) is 17.1. The Morgan fingerprint density at radius 3 is 2.50 bits per heavy atom. The summed E-state index contributed by atoms with van der Waals surface area (Å²) in [5.41, 5.74) is 5.23. The molecular formula is C20H24N2. The highest BCUT2D eigenvalue weighted by Crippen LogP contribution is 2.29. The van der Waals surface area contributed by atoms with E-state index in [0.29, 0.717) is 6.04 Å². The third-order valence-electron chi connectivity index (χ3n) is 4.44. The van der Waals surface area contributed by atoms with Crippen molar-refractivity contribution in [2.45, 2.75) is 25.9 Å². The maximum atomic E-state index is 4.38. The summed E-state index contributed by atoms with van der Waals surface area (Å²) >= 11 is 0. The van der Waals surface area contributed by atoms with Crippen LogP contribution in [-0.2, 0) is 13.0 Å². The van der Waals surface area contributed by atoms with Crippen LogP contribution in [0.2, 0.25) is 0 Å². The van der Waals surface area contributed by atoms with Crippen LogP contribution in [0.1, 0.15) is 23.6 Å². The van der Waals surface area contributed by atoms with Crippen LogP contribution in [0.5, 0.6) is 0 Å². The summed E-state index contributed by atoms with van der Waals surface area (Å²) in [4.78, 5) is 2.46. The highest BCUT2D eigenvalue weighted by molar-refractivity contribution is 5.62. The predicted octanol–water partition coefficient (Wildman–Crippen LogP) is 3.69. The van der Waals surface area contributed by atoms with Crippen molar-refractivity contribution < 1.29 is 0 Å². The smallest absolute Gasteiger partial charge is 0.0458 e. The van der Waals surface area contributed by atoms with E-state index in [-0.39, 0.29) is 0 Å². The first-order valence-electron chi connectivity index (χ1n) is 8.08. The lowest BCUT2D eigenvalue weighted by Gasteiger charge is -2.40. The maximum Gasteiger partial charge on any atom is 0.0458 e. The molecule has 1 N–H and O–H groups in total. The van der Waals surface area contributed by atoms with Crippen molar-refractivity contribution >= 4 is 5.70 Å². The first-order valence-corrected chi connectivity index (χ1v) is 8.08. The molecule has 1 atom stereocenters. The topological polar surface area (TPSA) is 15.3 Å². The summed E-state index contributed by atoms with van der Waals surface area (Å²) in [6, 6.07) is 19.7. The number of hydrogen-bond donors (Lipinski definition) is 1. The average molecular weight is 292 g/mol. The molecule has 2 aromatic carbocycles. The standard InChI is InChI=1S/C20H24N2/c1-3-21-14-20-13-18-11-7-8-12-19(18)15-22(20)16(2)17-9-5-4-6-10-17/h4-12,20-21H,2-3,13-15H2,1H3. The monoisotopic (exact) mass is 292 g/mol. The molecule has 1 unspecified atom stereocenters. The number of benzene rings is 2. The average Bonchev–Trinajstić information content (AvgIpc) is 2.59. The first kappa shape index (κ1) is 14.9. The Hall–Kier alpha value is -2.06. The molecule has 3 rings (SSSR count). The second-order valence-electron chi connectivity index (χ2n) is 5.87. The van der Waals surface area contributed by atoms with Crippen LogP contribution >= 0.6 is 0 Å². The van der Waals surface area contributed by atoms with Gasteiger partial charge in [0.05, 0.1) is 0 Å². The van der Waals surface area contributed by atoms with Gasteiger partial charge in [-0.3, -0.25) is 0 Å². The van der Waals surface area contributed by atoms with Crippen LogP contribution in [0.15, 0.2) is 61.2 Å². The van der Waals surface area contributed by atoms with Crippen molar-refractivity contribution in [2.75, 3.05) is 13.1 Å². The minimum Gasteiger partial charge on any atom is -0.363 e. The Bertz CT molecular complexity index is 633. The van der Waals surface area contributed by atoms with Gasteiger partial charge in [-0.15, -0.1) is 0 Å². The molecule has 0 radical (unpaired) electrons. The van der Waals surface area contributed by atoms with Crippen molar-refractivity contribution in [3.8, 4) is 0 Å². The second-order valence-corrected chi connectivity index (χ2v) is 5.87. The molecule has 0 bridgehead atoms. The number of nitrogens with one attached hydrogen (secondary N) is 1. The minimum atomic E-state index is 0.461. The molecule has 0 fully saturated rings. The number of nitrogens with zero attached hydrogens (tertiary/aromatic N) is 1. The fraction of sp³-hybridized carbons (Fsp3) is 0.300. The van der Waals surface area contributed by atoms with Gasteiger partial charge in [0.25, 0.3) is 0 Å². The SMILES string of the molecule is C=C(c1ccccc1)N1Cc2ccccc2CC1CNCC. The molecule has 0 saturated carbocycles. The highest BCUT2D eigenvalue weighted by Gasteiger charge is 2.26. The van der Waals surface area contributed by atoms with Gasteiger partial charge in [0, 0.05) is 24.8 Å². The van der Waals surface area contributed by atoms with Crippen molar-refractivity contribution in [2.24, 2.45) is 0 Å². The van der Waals surface area contributed by atoms with E-state index >= 15 is 0 Å². The van der Waals surface area contributed by atoms with E-state index in [0.717, 1.165) is 31.8 Å². The predicted molar refractivity (Wildman–Crippen MR) is 93.5 cm³/mol. The van der Waals surface area contributed by atoms with E-state index in [4.69, 9.17) is 0 Å². The molecule has 1 aliphatic rings. The zero-order valence-corrected chi connectivity index (χ0v) is 13.3. The van der Waals surface area contributed by atoms with E-state index in [1.807, 2.05) is 0 Å². The van der Waals surface area contributed by atoms with Crippen molar-refractivity contribution in [3.63, 3.8) is 0 Å². The molecule has 0 saturated heterocycles. The Labute approximate surface area is 133 Å². The Morgan fingerprint density at radius 1 is 1.09 bits per heavy atom. The van der Waals surface area contributed by atoms with Crippen molar-refractivity contribution in [1.29, 1.82) is 0 Å². The zero-order chi connectivity index (χ0) is 15.4. The van der Waals surface area contributed by atoms with Gasteiger partial charge in [-0.2, -0.15) is 0 Å². The third kappa shape index (κ3) is 3.07. The van der Waals surface area contributed by atoms with Crippen LogP contribution in [0, 0.1) is 0 Å². The number of fused-ring (bicyclic) bond motifs is 1. The van der Waals surface area contributed by atoms with Crippen molar-refractivity contribution in [1.82, 2.24) is 10.2 Å². The molecule has 2 heteroatoms. The van der Waals surface area contributed by atoms with Crippen LogP contribution in [0.4, 0.5) is 0 Å². The first-order chi connectivity index (χ1) is 10.8. The largest absolute Gasteiger partial charge is 0.363 e. The molecule has 0 amide bonds. The van der Waals surface area contributed by atoms with Gasteiger partial charge < -0.3 is 10.2 Å². The second kappa shape index (κ2) is 6.80. The van der Waals surface area contributed by atoms with Gasteiger partial charge in [0.1, 0.15) is 0 Å². The fourth-order valence-electron chi connectivity index (χ4n) is 3.19. The van der Waals surface area contributed by atoms with Crippen molar-refractivity contribution in [3.05, 3.63) is 77.9 Å². The van der Waals surface area contributed by atoms with Gasteiger partial charge >= 0.3 is 0 Å². The summed E-state index contributed by atoms with van der Waals surface area (Å²) in [7, 11) is 0. The summed E-state index contributed by atoms with van der Waals surface area (Å²) in [6.07, 6.45) is 1.08. The molecular weight excluding hydrogens is 268 g/mol. The Kier molecular flexibility index (Phi) is 4.59. The van der Waals surface area contributed by atoms with Gasteiger partial charge in [0.15, 0.2) is 0 Å². The lowest BCUT2D eigenvalue weighted by atomic mass is 9.92. The van der Waals surface area contributed by atoms with Crippen LogP contribution < -0.4 is 5.32 Å². The number of likely N-dealkylation sites (N-methyl/N-ethyl adjacent to an activating group) is 1. The van der Waals surface area contributed by atoms with E-state index in [1.165, 1.54) is 16.7 Å². The van der Waals surface area contributed by atoms with E-state index in [2.05, 4.69) is 78.3 Å². The molecule has 22 heavy (non-hydrogen) atoms. The van der Waals surface area contributed by atoms with Crippen LogP contribution in [0.25, 0.3) is 5.70 Å². The highest BCUT2D eigenvalue weighted by atomic mass is 15.2. The molecule has 0 aromatic heterocycles. The molecule has 0 spiro atoms. The van der Waals surface area contributed by atoms with Crippen LogP contribution in [-0.4, -0.2) is 24.0 Å². The van der Waals surface area contributed by atoms with E-state index in [9.17, 15) is 0 Å². The number of hydrogen-bond acceptors (Lipinski definition) is 2. The molecule has 1 aliphatic heterocycles. The molecule has 0 aliphatic carbocycles. The summed E-state index contributed by atoms with van der Waals surface area (Å²) in [6.45, 7) is 9.48. The molecule has 2 aromatic rings. The number of rotatable bonds is 5. The molecule has 2 nitrogen and oxygen atoms in total. The van der Waals surface area contributed by atoms with Gasteiger partial charge in [0.2, 0.25) is 0 Å². The quantitative estimate of drug-likeness (QED) is 0.904. The molecule has 114 valence electrons. The summed E-state index contributed by atoms with van der Waals surface area (Å²) < 4.78 is 0. The summed E-state index contributed by atoms with van der Waals surface area (Å²) in [5.74, 6) is 0. The Morgan fingerprint density at radius 2 is 1.77 bits per heavy atom. The minimum absolute atomic E-state index is 0.461. The Balaban J connectivity index is 1.88. The van der Waals surface area contributed by atoms with Gasteiger partial charge in [-0.25, -0.2) is 0 Å². The van der Waals surface area contributed by atoms with E-state index < -0.39 is 0 Å². The zero-order valence-electron chi connectivity index (χ0n) is 13.3. The molecule has 1 heterocycles. The van der Waals surface area contributed by atoms with Gasteiger partial charge in [-0.05, 0) is 29.7 Å².